The number of anilines is 1. The predicted octanol–water partition coefficient (Wildman–Crippen LogP) is 3.90. The van der Waals surface area contributed by atoms with Crippen LogP contribution in [0, 0.1) is 6.92 Å². The topological polar surface area (TPSA) is 53.2 Å². The van der Waals surface area contributed by atoms with Crippen molar-refractivity contribution < 1.29 is 18.0 Å². The minimum Gasteiger partial charge on any atom is -0.376 e. The van der Waals surface area contributed by atoms with E-state index in [1.165, 1.54) is 12.1 Å². The summed E-state index contributed by atoms with van der Waals surface area (Å²) in [5, 5.41) is 9.13. The molecule has 4 rings (SSSR count). The van der Waals surface area contributed by atoms with Gasteiger partial charge in [0.25, 0.3) is 0 Å². The molecule has 2 amide bonds. The first-order valence-electron chi connectivity index (χ1n) is 7.94. The van der Waals surface area contributed by atoms with Crippen LogP contribution in [0.2, 0.25) is 0 Å². The molecule has 3 atom stereocenters. The molecule has 2 aliphatic heterocycles. The van der Waals surface area contributed by atoms with Crippen LogP contribution in [0.5, 0.6) is 0 Å². The zero-order valence-electron chi connectivity index (χ0n) is 13.3. The van der Waals surface area contributed by atoms with Crippen LogP contribution in [0.25, 0.3) is 0 Å². The lowest BCUT2D eigenvalue weighted by Crippen LogP contribution is -2.41. The minimum absolute atomic E-state index is 0.226. The lowest BCUT2D eigenvalue weighted by Gasteiger charge is -2.36. The van der Waals surface area contributed by atoms with E-state index in [1.807, 2.05) is 25.1 Å². The number of nitrogens with one attached hydrogen (secondary N) is 3. The van der Waals surface area contributed by atoms with E-state index in [0.29, 0.717) is 5.56 Å². The van der Waals surface area contributed by atoms with Gasteiger partial charge >= 0.3 is 12.2 Å². The number of halogens is 3. The van der Waals surface area contributed by atoms with Crippen LogP contribution >= 0.6 is 0 Å². The van der Waals surface area contributed by atoms with Crippen LogP contribution in [0.1, 0.15) is 34.3 Å². The second kappa shape index (κ2) is 5.40. The number of fused-ring (bicyclic) bond motifs is 3. The third-order valence-corrected chi connectivity index (χ3v) is 4.75. The number of aryl methyl sites for hydroxylation is 1. The largest absolute Gasteiger partial charge is 0.416 e. The summed E-state index contributed by atoms with van der Waals surface area (Å²) in [7, 11) is 0. The van der Waals surface area contributed by atoms with Gasteiger partial charge in [0.15, 0.2) is 0 Å². The highest BCUT2D eigenvalue weighted by Crippen LogP contribution is 2.41. The minimum atomic E-state index is -4.37. The van der Waals surface area contributed by atoms with E-state index >= 15 is 0 Å². The summed E-state index contributed by atoms with van der Waals surface area (Å²) in [6.07, 6.45) is -4.37. The zero-order chi connectivity index (χ0) is 17.8. The van der Waals surface area contributed by atoms with Crippen LogP contribution in [0.15, 0.2) is 42.5 Å². The fraction of sp³-hybridized carbons (Fsp3) is 0.278. The average Bonchev–Trinajstić information content (AvgIpc) is 2.95. The number of rotatable bonds is 1. The van der Waals surface area contributed by atoms with Gasteiger partial charge in [0.05, 0.1) is 23.7 Å². The Morgan fingerprint density at radius 3 is 2.32 bits per heavy atom. The average molecular weight is 347 g/mol. The van der Waals surface area contributed by atoms with E-state index in [1.54, 1.807) is 0 Å². The quantitative estimate of drug-likeness (QED) is 0.733. The van der Waals surface area contributed by atoms with Crippen LogP contribution in [-0.2, 0) is 6.18 Å². The second-order valence-electron chi connectivity index (χ2n) is 6.45. The smallest absolute Gasteiger partial charge is 0.376 e. The molecule has 0 spiro atoms. The van der Waals surface area contributed by atoms with E-state index in [-0.39, 0.29) is 24.2 Å². The number of hydrogen-bond donors (Lipinski definition) is 3. The molecule has 130 valence electrons. The molecule has 2 aromatic carbocycles. The molecule has 2 aromatic rings. The third-order valence-electron chi connectivity index (χ3n) is 4.75. The first-order chi connectivity index (χ1) is 11.8. The molecular weight excluding hydrogens is 331 g/mol. The van der Waals surface area contributed by atoms with E-state index < -0.39 is 11.7 Å². The summed E-state index contributed by atoms with van der Waals surface area (Å²) in [6, 6.07) is 9.86. The van der Waals surface area contributed by atoms with Crippen molar-refractivity contribution in [3.63, 3.8) is 0 Å². The number of carbonyl (C=O) groups excluding carboxylic acids is 1. The Morgan fingerprint density at radius 2 is 1.64 bits per heavy atom. The lowest BCUT2D eigenvalue weighted by molar-refractivity contribution is -0.137. The molecule has 3 N–H and O–H groups in total. The Kier molecular flexibility index (Phi) is 3.42. The molecule has 0 saturated carbocycles. The van der Waals surface area contributed by atoms with Gasteiger partial charge in [-0.15, -0.1) is 0 Å². The van der Waals surface area contributed by atoms with E-state index in [2.05, 4.69) is 16.0 Å². The maximum atomic E-state index is 12.8. The van der Waals surface area contributed by atoms with Crippen LogP contribution in [0.3, 0.4) is 0 Å². The molecule has 25 heavy (non-hydrogen) atoms. The third kappa shape index (κ3) is 2.69. The van der Waals surface area contributed by atoms with E-state index in [9.17, 15) is 18.0 Å². The molecule has 4 nitrogen and oxygen atoms in total. The van der Waals surface area contributed by atoms with Gasteiger partial charge in [-0.05, 0) is 30.7 Å². The maximum absolute atomic E-state index is 12.8. The van der Waals surface area contributed by atoms with Gasteiger partial charge in [-0.1, -0.05) is 29.8 Å². The zero-order valence-corrected chi connectivity index (χ0v) is 13.3. The highest BCUT2D eigenvalue weighted by atomic mass is 19.4. The van der Waals surface area contributed by atoms with Crippen molar-refractivity contribution in [2.45, 2.75) is 31.2 Å². The number of hydrogen-bond acceptors (Lipinski definition) is 2. The lowest BCUT2D eigenvalue weighted by atomic mass is 9.85. The summed E-state index contributed by atoms with van der Waals surface area (Å²) in [6.45, 7) is 1.97. The standard InChI is InChI=1S/C18H16F3N3O/c1-9-2-7-13-12(8-9)15-16(24-17(25)23-15)14(22-13)10-3-5-11(6-4-10)18(19,20)21/h2-8,14-16,22H,1H3,(H2,23,24,25)/t14?,15-,16+/m1/s1. The van der Waals surface area contributed by atoms with Crippen molar-refractivity contribution in [3.05, 3.63) is 64.7 Å². The van der Waals surface area contributed by atoms with Crippen molar-refractivity contribution in [1.82, 2.24) is 10.6 Å². The number of amides is 2. The highest BCUT2D eigenvalue weighted by molar-refractivity contribution is 5.80. The van der Waals surface area contributed by atoms with Gasteiger partial charge in [0.1, 0.15) is 0 Å². The fourth-order valence-electron chi connectivity index (χ4n) is 3.55. The van der Waals surface area contributed by atoms with Gasteiger partial charge in [-0.25, -0.2) is 4.79 Å². The Hall–Kier alpha value is -2.70. The first kappa shape index (κ1) is 15.8. The molecular formula is C18H16F3N3O. The first-order valence-corrected chi connectivity index (χ1v) is 7.94. The van der Waals surface area contributed by atoms with Crippen molar-refractivity contribution in [2.75, 3.05) is 5.32 Å². The van der Waals surface area contributed by atoms with Crippen LogP contribution < -0.4 is 16.0 Å². The molecule has 1 saturated heterocycles. The fourth-order valence-corrected chi connectivity index (χ4v) is 3.55. The van der Waals surface area contributed by atoms with Crippen LogP contribution in [-0.4, -0.2) is 12.1 Å². The summed E-state index contributed by atoms with van der Waals surface area (Å²) in [5.41, 5.74) is 2.94. The maximum Gasteiger partial charge on any atom is 0.416 e. The highest BCUT2D eigenvalue weighted by Gasteiger charge is 2.43. The number of benzene rings is 2. The normalized spacial score (nSPS) is 24.6. The summed E-state index contributed by atoms with van der Waals surface area (Å²) >= 11 is 0. The SMILES string of the molecule is Cc1ccc2c(c1)[C@H]1NC(=O)N[C@H]1C(c1ccc(C(F)(F)F)cc1)N2. The molecule has 2 aliphatic rings. The predicted molar refractivity (Wildman–Crippen MR) is 87.2 cm³/mol. The molecule has 7 heteroatoms. The monoisotopic (exact) mass is 347 g/mol. The van der Waals surface area contributed by atoms with Crippen molar-refractivity contribution in [1.29, 1.82) is 0 Å². The molecule has 1 fully saturated rings. The Morgan fingerprint density at radius 1 is 0.920 bits per heavy atom. The molecule has 2 heterocycles. The Balaban J connectivity index is 1.73. The molecule has 0 radical (unpaired) electrons. The van der Waals surface area contributed by atoms with Crippen molar-refractivity contribution in [3.8, 4) is 0 Å². The Labute approximate surface area is 142 Å². The van der Waals surface area contributed by atoms with E-state index in [4.69, 9.17) is 0 Å². The van der Waals surface area contributed by atoms with Crippen molar-refractivity contribution in [2.24, 2.45) is 0 Å². The summed E-state index contributed by atoms with van der Waals surface area (Å²) in [4.78, 5) is 11.9. The number of urea groups is 1. The second-order valence-corrected chi connectivity index (χ2v) is 6.45. The van der Waals surface area contributed by atoms with Gasteiger partial charge < -0.3 is 16.0 Å². The molecule has 0 aliphatic carbocycles. The molecule has 0 bridgehead atoms. The van der Waals surface area contributed by atoms with Crippen LogP contribution in [0.4, 0.5) is 23.7 Å². The van der Waals surface area contributed by atoms with Gasteiger partial charge in [0, 0.05) is 11.3 Å². The molecule has 1 unspecified atom stereocenters. The summed E-state index contributed by atoms with van der Waals surface area (Å²) < 4.78 is 38.3. The van der Waals surface area contributed by atoms with Gasteiger partial charge in [0.2, 0.25) is 0 Å². The molecule has 0 aromatic heterocycles. The summed E-state index contributed by atoms with van der Waals surface area (Å²) in [5.74, 6) is 0. The number of carbonyl (C=O) groups is 1. The Bertz CT molecular complexity index is 832. The van der Waals surface area contributed by atoms with Gasteiger partial charge in [-0.3, -0.25) is 0 Å². The van der Waals surface area contributed by atoms with Crippen molar-refractivity contribution >= 4 is 11.7 Å². The number of alkyl halides is 3. The van der Waals surface area contributed by atoms with Gasteiger partial charge in [-0.2, -0.15) is 13.2 Å². The van der Waals surface area contributed by atoms with E-state index in [0.717, 1.165) is 28.9 Å².